The first kappa shape index (κ1) is 20.9. The van der Waals surface area contributed by atoms with E-state index in [-0.39, 0.29) is 11.7 Å². The molecule has 1 fully saturated rings. The Balaban J connectivity index is 1.74. The molecule has 0 aromatic heterocycles. The van der Waals surface area contributed by atoms with Crippen molar-refractivity contribution >= 4 is 0 Å². The van der Waals surface area contributed by atoms with Gasteiger partial charge in [-0.25, -0.2) is 0 Å². The molecule has 2 heterocycles. The van der Waals surface area contributed by atoms with Gasteiger partial charge < -0.3 is 19.3 Å². The van der Waals surface area contributed by atoms with E-state index in [0.29, 0.717) is 6.42 Å². The van der Waals surface area contributed by atoms with Crippen molar-refractivity contribution in [1.29, 1.82) is 0 Å². The van der Waals surface area contributed by atoms with Crippen LogP contribution in [0.25, 0.3) is 0 Å². The van der Waals surface area contributed by atoms with Gasteiger partial charge in [-0.2, -0.15) is 0 Å². The van der Waals surface area contributed by atoms with E-state index in [0.717, 1.165) is 54.7 Å². The van der Waals surface area contributed by atoms with Gasteiger partial charge in [0.05, 0.1) is 18.8 Å². The van der Waals surface area contributed by atoms with E-state index in [1.54, 1.807) is 7.11 Å². The monoisotopic (exact) mass is 386 g/mol. The van der Waals surface area contributed by atoms with Crippen molar-refractivity contribution in [1.82, 2.24) is 0 Å². The maximum atomic E-state index is 10.3. The van der Waals surface area contributed by atoms with Crippen molar-refractivity contribution in [3.8, 4) is 11.5 Å². The van der Waals surface area contributed by atoms with E-state index in [9.17, 15) is 5.11 Å². The fourth-order valence-corrected chi connectivity index (χ4v) is 4.34. The van der Waals surface area contributed by atoms with Crippen LogP contribution in [0.2, 0.25) is 0 Å². The lowest BCUT2D eigenvalue weighted by atomic mass is 9.80. The molecule has 4 heteroatoms. The molecule has 0 aliphatic carbocycles. The van der Waals surface area contributed by atoms with Gasteiger partial charge in [-0.1, -0.05) is 23.3 Å². The van der Waals surface area contributed by atoms with Crippen LogP contribution in [-0.2, 0) is 4.74 Å². The topological polar surface area (TPSA) is 47.9 Å². The Kier molecular flexibility index (Phi) is 6.51. The average Bonchev–Trinajstić information content (AvgIpc) is 2.59. The normalized spacial score (nSPS) is 26.3. The molecule has 3 atom stereocenters. The van der Waals surface area contributed by atoms with Crippen molar-refractivity contribution in [2.45, 2.75) is 84.2 Å². The highest BCUT2D eigenvalue weighted by molar-refractivity contribution is 5.51. The van der Waals surface area contributed by atoms with Crippen LogP contribution >= 0.6 is 0 Å². The van der Waals surface area contributed by atoms with Crippen LogP contribution in [0.4, 0.5) is 0 Å². The number of fused-ring (bicyclic) bond motifs is 4. The minimum absolute atomic E-state index is 0.189. The van der Waals surface area contributed by atoms with Gasteiger partial charge >= 0.3 is 0 Å². The average molecular weight is 387 g/mol. The quantitative estimate of drug-likeness (QED) is 0.604. The number of aliphatic hydroxyl groups excluding tert-OH is 1. The number of hydrogen-bond donors (Lipinski definition) is 1. The summed E-state index contributed by atoms with van der Waals surface area (Å²) in [6.07, 6.45) is 8.86. The van der Waals surface area contributed by atoms with Crippen molar-refractivity contribution in [2.75, 3.05) is 7.11 Å². The van der Waals surface area contributed by atoms with Crippen LogP contribution in [0, 0.1) is 6.92 Å². The Labute approximate surface area is 169 Å². The van der Waals surface area contributed by atoms with Crippen LogP contribution in [0.15, 0.2) is 35.4 Å². The fourth-order valence-electron chi connectivity index (χ4n) is 4.34. The summed E-state index contributed by atoms with van der Waals surface area (Å²) in [7, 11) is 1.67. The molecule has 0 saturated carbocycles. The fraction of sp³-hybridized carbons (Fsp3) is 0.583. The first-order valence-electron chi connectivity index (χ1n) is 10.3. The standard InChI is InChI=1S/C24H34O4/c1-16(2)8-6-9-17(3)10-7-11-24-14-21(27-22(25)15-24)23-19(26-5)12-18(4)13-20(23)28-24/h8,10,12-13,21-22,25H,6-7,9,11,14-15H2,1-5H3/b17-10+/t21-,22?,24-/m0/s1. The number of ether oxygens (including phenoxy) is 3. The van der Waals surface area contributed by atoms with E-state index in [4.69, 9.17) is 14.2 Å². The zero-order chi connectivity index (χ0) is 20.3. The molecule has 154 valence electrons. The van der Waals surface area contributed by atoms with E-state index in [1.165, 1.54) is 11.1 Å². The Bertz CT molecular complexity index is 760. The molecular formula is C24H34O4. The zero-order valence-electron chi connectivity index (χ0n) is 17.9. The van der Waals surface area contributed by atoms with Gasteiger partial charge in [-0.15, -0.1) is 0 Å². The van der Waals surface area contributed by atoms with Crippen molar-refractivity contribution < 1.29 is 19.3 Å². The summed E-state index contributed by atoms with van der Waals surface area (Å²) in [6, 6.07) is 4.05. The number of hydrogen-bond acceptors (Lipinski definition) is 4. The number of allylic oxidation sites excluding steroid dienone is 4. The number of aryl methyl sites for hydroxylation is 1. The van der Waals surface area contributed by atoms with Gasteiger partial charge in [-0.3, -0.25) is 0 Å². The van der Waals surface area contributed by atoms with Crippen molar-refractivity contribution in [3.63, 3.8) is 0 Å². The third-order valence-electron chi connectivity index (χ3n) is 5.73. The highest BCUT2D eigenvalue weighted by Crippen LogP contribution is 2.52. The molecule has 1 aromatic rings. The molecule has 0 radical (unpaired) electrons. The maximum Gasteiger partial charge on any atom is 0.159 e. The van der Waals surface area contributed by atoms with E-state index >= 15 is 0 Å². The first-order chi connectivity index (χ1) is 13.3. The Morgan fingerprint density at radius 1 is 1.21 bits per heavy atom. The third kappa shape index (κ3) is 4.79. The van der Waals surface area contributed by atoms with Gasteiger partial charge in [-0.05, 0) is 71.1 Å². The predicted octanol–water partition coefficient (Wildman–Crippen LogP) is 5.78. The zero-order valence-corrected chi connectivity index (χ0v) is 17.9. The molecule has 2 bridgehead atoms. The molecule has 1 N–H and O–H groups in total. The Hall–Kier alpha value is -1.78. The molecule has 2 aliphatic heterocycles. The number of rotatable bonds is 7. The lowest BCUT2D eigenvalue weighted by Crippen LogP contribution is -2.49. The molecule has 3 rings (SSSR count). The molecule has 0 spiro atoms. The second kappa shape index (κ2) is 8.71. The van der Waals surface area contributed by atoms with Crippen LogP contribution in [0.1, 0.15) is 76.5 Å². The summed E-state index contributed by atoms with van der Waals surface area (Å²) < 4.78 is 18.0. The molecule has 1 saturated heterocycles. The summed E-state index contributed by atoms with van der Waals surface area (Å²) in [6.45, 7) is 8.51. The molecule has 28 heavy (non-hydrogen) atoms. The van der Waals surface area contributed by atoms with Crippen molar-refractivity contribution in [2.24, 2.45) is 0 Å². The summed E-state index contributed by atoms with van der Waals surface area (Å²) >= 11 is 0. The maximum absolute atomic E-state index is 10.3. The minimum Gasteiger partial charge on any atom is -0.496 e. The second-order valence-electron chi connectivity index (χ2n) is 8.56. The lowest BCUT2D eigenvalue weighted by Gasteiger charge is -2.47. The highest BCUT2D eigenvalue weighted by atomic mass is 16.6. The Morgan fingerprint density at radius 3 is 2.71 bits per heavy atom. The molecule has 1 unspecified atom stereocenters. The number of aliphatic hydroxyl groups is 1. The molecule has 4 nitrogen and oxygen atoms in total. The van der Waals surface area contributed by atoms with Crippen LogP contribution in [0.3, 0.4) is 0 Å². The van der Waals surface area contributed by atoms with Crippen molar-refractivity contribution in [3.05, 3.63) is 46.6 Å². The van der Waals surface area contributed by atoms with E-state index in [2.05, 4.69) is 39.0 Å². The summed E-state index contributed by atoms with van der Waals surface area (Å²) in [5, 5.41) is 10.3. The number of methoxy groups -OCH3 is 1. The van der Waals surface area contributed by atoms with E-state index < -0.39 is 6.29 Å². The summed E-state index contributed by atoms with van der Waals surface area (Å²) in [5.74, 6) is 1.61. The van der Waals surface area contributed by atoms with Gasteiger partial charge in [0.2, 0.25) is 0 Å². The summed E-state index contributed by atoms with van der Waals surface area (Å²) in [5.41, 5.74) is 4.42. The minimum atomic E-state index is -0.805. The van der Waals surface area contributed by atoms with Gasteiger partial charge in [0, 0.05) is 12.8 Å². The molecular weight excluding hydrogens is 352 g/mol. The predicted molar refractivity (Wildman–Crippen MR) is 112 cm³/mol. The first-order valence-corrected chi connectivity index (χ1v) is 10.3. The third-order valence-corrected chi connectivity index (χ3v) is 5.73. The molecule has 2 aliphatic rings. The number of benzene rings is 1. The van der Waals surface area contributed by atoms with Gasteiger partial charge in [0.15, 0.2) is 6.29 Å². The SMILES string of the molecule is COc1cc(C)cc2c1[C@@H]1C[C@@](CC/C=C(\C)CCC=C(C)C)(CC(O)O1)O2. The molecule has 0 amide bonds. The van der Waals surface area contributed by atoms with Crippen LogP contribution in [-0.4, -0.2) is 24.1 Å². The largest absolute Gasteiger partial charge is 0.496 e. The molecule has 1 aromatic carbocycles. The summed E-state index contributed by atoms with van der Waals surface area (Å²) in [4.78, 5) is 0. The smallest absolute Gasteiger partial charge is 0.159 e. The van der Waals surface area contributed by atoms with Crippen LogP contribution < -0.4 is 9.47 Å². The lowest BCUT2D eigenvalue weighted by molar-refractivity contribution is -0.225. The second-order valence-corrected chi connectivity index (χ2v) is 8.56. The Morgan fingerprint density at radius 2 is 2.00 bits per heavy atom. The van der Waals surface area contributed by atoms with Gasteiger partial charge in [0.1, 0.15) is 17.1 Å². The van der Waals surface area contributed by atoms with Crippen LogP contribution in [0.5, 0.6) is 11.5 Å². The van der Waals surface area contributed by atoms with Gasteiger partial charge in [0.25, 0.3) is 0 Å². The highest BCUT2D eigenvalue weighted by Gasteiger charge is 2.48. The van der Waals surface area contributed by atoms with E-state index in [1.807, 2.05) is 13.0 Å².